The maximum absolute atomic E-state index is 12.5. The van der Waals surface area contributed by atoms with E-state index in [4.69, 9.17) is 4.18 Å². The fourth-order valence-electron chi connectivity index (χ4n) is 3.67. The molecule has 4 rings (SSSR count). The van der Waals surface area contributed by atoms with E-state index in [0.717, 1.165) is 27.5 Å². The molecule has 3 aromatic rings. The van der Waals surface area contributed by atoms with Crippen LogP contribution in [0.25, 0.3) is 4.96 Å². The Labute approximate surface area is 187 Å². The molecular formula is C19H21N5O6S2. The summed E-state index contributed by atoms with van der Waals surface area (Å²) in [5, 5.41) is 14.2. The lowest BCUT2D eigenvalue weighted by atomic mass is 10.1. The van der Waals surface area contributed by atoms with Gasteiger partial charge >= 0.3 is 16.2 Å². The summed E-state index contributed by atoms with van der Waals surface area (Å²) in [6.07, 6.45) is -0.983. The summed E-state index contributed by atoms with van der Waals surface area (Å²) in [5.41, 5.74) is 0.309. The summed E-state index contributed by atoms with van der Waals surface area (Å²) in [7, 11) is -4.16. The van der Waals surface area contributed by atoms with Gasteiger partial charge in [0.1, 0.15) is 4.90 Å². The van der Waals surface area contributed by atoms with E-state index < -0.39 is 21.8 Å². The number of aromatic nitrogens is 3. The first kappa shape index (κ1) is 22.0. The van der Waals surface area contributed by atoms with Crippen molar-refractivity contribution < 1.29 is 22.5 Å². The van der Waals surface area contributed by atoms with Gasteiger partial charge in [-0.25, -0.2) is 4.79 Å². The monoisotopic (exact) mass is 479 g/mol. The van der Waals surface area contributed by atoms with Crippen LogP contribution in [0, 0.1) is 6.92 Å². The Kier molecular flexibility index (Phi) is 5.54. The Morgan fingerprint density at radius 1 is 1.19 bits per heavy atom. The van der Waals surface area contributed by atoms with Crippen LogP contribution in [-0.4, -0.2) is 64.3 Å². The average Bonchev–Trinajstić information content (AvgIpc) is 3.12. The van der Waals surface area contributed by atoms with Crippen molar-refractivity contribution in [2.75, 3.05) is 18.0 Å². The molecule has 2 atom stereocenters. The van der Waals surface area contributed by atoms with Crippen LogP contribution < -0.4 is 14.6 Å². The molecule has 3 heterocycles. The standard InChI is InChI=1S/C19H21N5O6S2/c1-11-4-6-14(7-5-11)32(28,29)30-15-8-16(25)24-17(20-15)31-18(21-24)22-9-12(2)23(19(26)27)13(3)10-22/h4-8,12-13H,9-10H2,1-3H3,(H,26,27)/t12-,13+. The number of hydrogen-bond donors (Lipinski definition) is 1. The van der Waals surface area contributed by atoms with Crippen molar-refractivity contribution >= 4 is 37.6 Å². The quantitative estimate of drug-likeness (QED) is 0.556. The van der Waals surface area contributed by atoms with Gasteiger partial charge in [-0.05, 0) is 32.9 Å². The number of aryl methyl sites for hydroxylation is 1. The normalized spacial score (nSPS) is 19.3. The molecule has 1 amide bonds. The van der Waals surface area contributed by atoms with Crippen LogP contribution in [0.2, 0.25) is 0 Å². The summed E-state index contributed by atoms with van der Waals surface area (Å²) >= 11 is 1.10. The third-order valence-electron chi connectivity index (χ3n) is 5.13. The van der Waals surface area contributed by atoms with Gasteiger partial charge in [0.2, 0.25) is 16.0 Å². The van der Waals surface area contributed by atoms with E-state index in [1.54, 1.807) is 26.0 Å². The maximum Gasteiger partial charge on any atom is 0.407 e. The van der Waals surface area contributed by atoms with Gasteiger partial charge in [0.25, 0.3) is 5.56 Å². The number of carboxylic acid groups (broad SMARTS) is 1. The number of benzene rings is 1. The Bertz CT molecular complexity index is 1320. The summed E-state index contributed by atoms with van der Waals surface area (Å²) < 4.78 is 31.2. The summed E-state index contributed by atoms with van der Waals surface area (Å²) in [6.45, 7) is 6.23. The molecule has 1 saturated heterocycles. The number of piperazine rings is 1. The van der Waals surface area contributed by atoms with Gasteiger partial charge in [0.05, 0.1) is 18.2 Å². The molecule has 1 aromatic carbocycles. The van der Waals surface area contributed by atoms with Crippen molar-refractivity contribution in [2.24, 2.45) is 0 Å². The predicted octanol–water partition coefficient (Wildman–Crippen LogP) is 1.80. The van der Waals surface area contributed by atoms with E-state index in [0.29, 0.717) is 18.2 Å². The molecule has 0 unspecified atom stereocenters. The first-order valence-corrected chi connectivity index (χ1v) is 12.0. The molecule has 1 aliphatic rings. The molecule has 0 aliphatic carbocycles. The minimum Gasteiger partial charge on any atom is -0.465 e. The lowest BCUT2D eigenvalue weighted by molar-refractivity contribution is 0.0982. The van der Waals surface area contributed by atoms with Crippen molar-refractivity contribution in [3.05, 3.63) is 46.2 Å². The van der Waals surface area contributed by atoms with E-state index in [1.165, 1.54) is 17.0 Å². The van der Waals surface area contributed by atoms with Crippen LogP contribution in [0.15, 0.2) is 40.0 Å². The number of fused-ring (bicyclic) bond motifs is 1. The van der Waals surface area contributed by atoms with Crippen LogP contribution >= 0.6 is 11.3 Å². The second-order valence-electron chi connectivity index (χ2n) is 7.66. The lowest BCUT2D eigenvalue weighted by Gasteiger charge is -2.42. The molecule has 32 heavy (non-hydrogen) atoms. The van der Waals surface area contributed by atoms with Crippen molar-refractivity contribution in [2.45, 2.75) is 37.8 Å². The molecule has 170 valence electrons. The van der Waals surface area contributed by atoms with E-state index >= 15 is 0 Å². The molecule has 0 bridgehead atoms. The Morgan fingerprint density at radius 2 is 1.81 bits per heavy atom. The zero-order valence-corrected chi connectivity index (χ0v) is 19.1. The summed E-state index contributed by atoms with van der Waals surface area (Å²) in [6, 6.07) is 6.54. The molecule has 1 N–H and O–H groups in total. The molecule has 0 saturated carbocycles. The first-order chi connectivity index (χ1) is 15.0. The largest absolute Gasteiger partial charge is 0.465 e. The molecule has 0 spiro atoms. The lowest BCUT2D eigenvalue weighted by Crippen LogP contribution is -2.58. The van der Waals surface area contributed by atoms with Gasteiger partial charge in [-0.3, -0.25) is 9.69 Å². The van der Waals surface area contributed by atoms with Crippen LogP contribution in [0.1, 0.15) is 19.4 Å². The Morgan fingerprint density at radius 3 is 2.41 bits per heavy atom. The second-order valence-corrected chi connectivity index (χ2v) is 10.1. The third-order valence-corrected chi connectivity index (χ3v) is 7.33. The molecule has 13 heteroatoms. The molecule has 0 radical (unpaired) electrons. The number of rotatable bonds is 4. The highest BCUT2D eigenvalue weighted by molar-refractivity contribution is 7.87. The molecule has 1 aliphatic heterocycles. The van der Waals surface area contributed by atoms with Crippen LogP contribution in [0.4, 0.5) is 9.93 Å². The third kappa shape index (κ3) is 4.12. The zero-order valence-electron chi connectivity index (χ0n) is 17.5. The van der Waals surface area contributed by atoms with Crippen molar-refractivity contribution in [3.63, 3.8) is 0 Å². The Balaban J connectivity index is 1.62. The number of nitrogens with zero attached hydrogens (tertiary/aromatic N) is 5. The van der Waals surface area contributed by atoms with E-state index in [1.807, 2.05) is 11.8 Å². The van der Waals surface area contributed by atoms with Gasteiger partial charge in [-0.2, -0.15) is 17.9 Å². The number of carbonyl (C=O) groups is 1. The molecule has 11 nitrogen and oxygen atoms in total. The van der Waals surface area contributed by atoms with Crippen LogP contribution in [-0.2, 0) is 10.1 Å². The fourth-order valence-corrected chi connectivity index (χ4v) is 5.47. The molecule has 1 fully saturated rings. The minimum absolute atomic E-state index is 0.0469. The Hall–Kier alpha value is -3.19. The zero-order chi connectivity index (χ0) is 23.2. The SMILES string of the molecule is Cc1ccc(S(=O)(=O)Oc2cc(=O)n3nc(N4C[C@@H](C)N(C(=O)O)[C@@H](C)C4)sc3n2)cc1. The topological polar surface area (TPSA) is 134 Å². The van der Waals surface area contributed by atoms with E-state index in [2.05, 4.69) is 10.1 Å². The van der Waals surface area contributed by atoms with Gasteiger partial charge in [-0.1, -0.05) is 29.0 Å². The highest BCUT2D eigenvalue weighted by Crippen LogP contribution is 2.27. The van der Waals surface area contributed by atoms with Crippen molar-refractivity contribution in [1.82, 2.24) is 19.5 Å². The van der Waals surface area contributed by atoms with Crippen molar-refractivity contribution in [1.29, 1.82) is 0 Å². The minimum atomic E-state index is -4.16. The average molecular weight is 480 g/mol. The maximum atomic E-state index is 12.5. The smallest absolute Gasteiger partial charge is 0.407 e. The first-order valence-electron chi connectivity index (χ1n) is 9.73. The van der Waals surface area contributed by atoms with Crippen LogP contribution in [0.3, 0.4) is 0 Å². The van der Waals surface area contributed by atoms with Gasteiger partial charge in [0.15, 0.2) is 0 Å². The summed E-state index contributed by atoms with van der Waals surface area (Å²) in [4.78, 5) is 31.5. The predicted molar refractivity (Wildman–Crippen MR) is 117 cm³/mol. The van der Waals surface area contributed by atoms with Crippen LogP contribution in [0.5, 0.6) is 5.88 Å². The second kappa shape index (κ2) is 8.06. The number of amides is 1. The number of hydrogen-bond acceptors (Lipinski definition) is 9. The summed E-state index contributed by atoms with van der Waals surface area (Å²) in [5.74, 6) is -0.344. The highest BCUT2D eigenvalue weighted by atomic mass is 32.2. The van der Waals surface area contributed by atoms with E-state index in [-0.39, 0.29) is 27.8 Å². The molecular weight excluding hydrogens is 458 g/mol. The highest BCUT2D eigenvalue weighted by Gasteiger charge is 2.34. The number of anilines is 1. The van der Waals surface area contributed by atoms with Crippen molar-refractivity contribution in [3.8, 4) is 5.88 Å². The molecule has 2 aromatic heterocycles. The van der Waals surface area contributed by atoms with Gasteiger partial charge in [-0.15, -0.1) is 5.10 Å². The van der Waals surface area contributed by atoms with Gasteiger partial charge in [0, 0.05) is 13.1 Å². The fraction of sp³-hybridized carbons (Fsp3) is 0.368. The van der Waals surface area contributed by atoms with E-state index in [9.17, 15) is 23.1 Å². The van der Waals surface area contributed by atoms with Gasteiger partial charge < -0.3 is 14.2 Å².